The van der Waals surface area contributed by atoms with Crippen LogP contribution in [-0.2, 0) is 65.4 Å². The number of hydrogen-bond acceptors (Lipinski definition) is 15. The lowest BCUT2D eigenvalue weighted by Crippen LogP contribution is -2.30. The van der Waals surface area contributed by atoms with Gasteiger partial charge < -0.3 is 33.8 Å². The van der Waals surface area contributed by atoms with Crippen LogP contribution in [0, 0.1) is 0 Å². The molecule has 608 valence electrons. The van der Waals surface area contributed by atoms with Gasteiger partial charge in [0.05, 0.1) is 26.4 Å². The maximum Gasteiger partial charge on any atom is 0.472 e. The first-order valence-corrected chi connectivity index (χ1v) is 44.4. The summed E-state index contributed by atoms with van der Waals surface area (Å²) in [6, 6.07) is 0. The monoisotopic (exact) mass is 1530 g/mol. The Bertz CT molecular complexity index is 2530. The van der Waals surface area contributed by atoms with Gasteiger partial charge in [-0.25, -0.2) is 9.13 Å². The molecule has 3 N–H and O–H groups in total. The number of carbonyl (C=O) groups is 4. The van der Waals surface area contributed by atoms with Gasteiger partial charge in [-0.1, -0.05) is 309 Å². The smallest absolute Gasteiger partial charge is 0.462 e. The van der Waals surface area contributed by atoms with Gasteiger partial charge in [-0.15, -0.1) is 0 Å². The van der Waals surface area contributed by atoms with Crippen LogP contribution in [0.5, 0.6) is 0 Å². The number of allylic oxidation sites excluding steroid dienone is 22. The number of rotatable bonds is 77. The summed E-state index contributed by atoms with van der Waals surface area (Å²) < 4.78 is 68.6. The third kappa shape index (κ3) is 77.4. The molecule has 0 bridgehead atoms. The average Bonchev–Trinajstić information content (AvgIpc) is 0.901. The summed E-state index contributed by atoms with van der Waals surface area (Å²) in [4.78, 5) is 73.1. The topological polar surface area (TPSA) is 237 Å². The maximum absolute atomic E-state index is 13.1. The zero-order valence-electron chi connectivity index (χ0n) is 66.6. The molecule has 0 aromatic heterocycles. The third-order valence-electron chi connectivity index (χ3n) is 17.1. The van der Waals surface area contributed by atoms with E-state index in [1.807, 2.05) is 12.2 Å². The van der Waals surface area contributed by atoms with Gasteiger partial charge in [-0.2, -0.15) is 0 Å². The normalized spacial score (nSPS) is 14.5. The van der Waals surface area contributed by atoms with Crippen LogP contribution in [0.1, 0.15) is 336 Å². The van der Waals surface area contributed by atoms with Crippen molar-refractivity contribution in [2.75, 3.05) is 39.6 Å². The van der Waals surface area contributed by atoms with Crippen LogP contribution in [-0.4, -0.2) is 96.7 Å². The number of aliphatic hydroxyl groups is 1. The standard InChI is InChI=1S/C87H148O17P2/c1-5-9-13-17-21-25-29-33-36-38-40-42-45-48-51-55-59-63-67-71-84(89)97-77-82(103-86(91)73-69-65-61-57-53-47-32-28-24-20-16-12-8-4)79-101-105(93,94)99-75-81(88)76-100-106(95,96)102-80-83(104-87(92)74-70-66-62-58-54-50-44-35-31-27-23-19-15-11-7-3)78-98-85(90)72-68-64-60-56-52-49-46-43-41-39-37-34-30-26-22-18-14-10-6-2/h9,13,21-22,25-26,33-37,40-44,48-49,51-52,60,64,81-83,88H,5-8,10-12,14-20,23-24,27-32,38-39,45-47,50,53-59,61-63,65-80H2,1-4H3,(H,93,94)(H,95,96)/b13-9-,25-21-,26-22-,36-33-,37-34-,42-40-,43-41-,44-35-,51-48-,52-49-,64-60-/t81-,82-,83-/m1/s1. The van der Waals surface area contributed by atoms with Crippen LogP contribution < -0.4 is 0 Å². The van der Waals surface area contributed by atoms with E-state index in [4.69, 9.17) is 37.0 Å². The van der Waals surface area contributed by atoms with Crippen LogP contribution >= 0.6 is 15.6 Å². The number of unbranched alkanes of at least 4 members (excludes halogenated alkanes) is 29. The fourth-order valence-corrected chi connectivity index (χ4v) is 12.4. The molecule has 0 aliphatic heterocycles. The molecule has 106 heavy (non-hydrogen) atoms. The second-order valence-electron chi connectivity index (χ2n) is 27.3. The summed E-state index contributed by atoms with van der Waals surface area (Å²) in [6.07, 6.45) is 88.7. The number of phosphoric acid groups is 2. The minimum atomic E-state index is -5.00. The number of esters is 4. The number of aliphatic hydroxyl groups excluding tert-OH is 1. The second kappa shape index (κ2) is 78.3. The van der Waals surface area contributed by atoms with Crippen LogP contribution in [0.2, 0.25) is 0 Å². The summed E-state index contributed by atoms with van der Waals surface area (Å²) >= 11 is 0. The Kier molecular flexibility index (Phi) is 74.8. The molecular weight excluding hydrogens is 1380 g/mol. The molecule has 0 spiro atoms. The van der Waals surface area contributed by atoms with E-state index in [0.717, 1.165) is 141 Å². The lowest BCUT2D eigenvalue weighted by atomic mass is 10.0. The van der Waals surface area contributed by atoms with Crippen molar-refractivity contribution in [2.24, 2.45) is 0 Å². The molecule has 0 aromatic carbocycles. The molecule has 0 saturated carbocycles. The van der Waals surface area contributed by atoms with E-state index in [1.165, 1.54) is 109 Å². The number of hydrogen-bond donors (Lipinski definition) is 3. The molecule has 0 rings (SSSR count). The van der Waals surface area contributed by atoms with Gasteiger partial charge in [-0.05, 0) is 135 Å². The van der Waals surface area contributed by atoms with E-state index >= 15 is 0 Å². The second-order valence-corrected chi connectivity index (χ2v) is 30.2. The van der Waals surface area contributed by atoms with E-state index in [0.29, 0.717) is 32.1 Å². The lowest BCUT2D eigenvalue weighted by Gasteiger charge is -2.21. The highest BCUT2D eigenvalue weighted by Crippen LogP contribution is 2.45. The SMILES string of the molecule is CC/C=C\C/C=C\C/C=C\C/C=C\C/C=C\CCCCCC(=O)OC[C@H](COP(=O)(O)OC[C@@H](O)COP(=O)(O)OC[C@@H](COC(=O)CC/C=C\C/C=C\C/C=C\C/C=C\C/C=C\CCCCC)OC(=O)CCCCCCC/C=C\CCCCCCCC)OC(=O)CCCCCCCCCCCCCCC. The Hall–Kier alpha value is -4.80. The fourth-order valence-electron chi connectivity index (χ4n) is 10.8. The van der Waals surface area contributed by atoms with Crippen molar-refractivity contribution in [2.45, 2.75) is 354 Å². The van der Waals surface area contributed by atoms with E-state index in [1.54, 1.807) is 0 Å². The van der Waals surface area contributed by atoms with Crippen molar-refractivity contribution in [3.63, 3.8) is 0 Å². The molecular formula is C87H148O17P2. The summed E-state index contributed by atoms with van der Waals surface area (Å²) in [5.74, 6) is -2.31. The quantitative estimate of drug-likeness (QED) is 0.0169. The maximum atomic E-state index is 13.1. The fraction of sp³-hybridized carbons (Fsp3) is 0.701. The molecule has 0 aliphatic carbocycles. The van der Waals surface area contributed by atoms with E-state index in [9.17, 15) is 43.2 Å². The highest BCUT2D eigenvalue weighted by atomic mass is 31.2. The number of phosphoric ester groups is 2. The first kappa shape index (κ1) is 101. The van der Waals surface area contributed by atoms with Gasteiger partial charge in [0.15, 0.2) is 12.2 Å². The Morgan fingerprint density at radius 1 is 0.274 bits per heavy atom. The van der Waals surface area contributed by atoms with Gasteiger partial charge in [0.1, 0.15) is 19.3 Å². The summed E-state index contributed by atoms with van der Waals surface area (Å²) in [5.41, 5.74) is 0. The third-order valence-corrected chi connectivity index (χ3v) is 19.0. The van der Waals surface area contributed by atoms with E-state index < -0.39 is 97.5 Å². The number of carbonyl (C=O) groups excluding carboxylic acids is 4. The van der Waals surface area contributed by atoms with Gasteiger partial charge >= 0.3 is 39.5 Å². The zero-order valence-corrected chi connectivity index (χ0v) is 68.4. The molecule has 2 unspecified atom stereocenters. The summed E-state index contributed by atoms with van der Waals surface area (Å²) in [6.45, 7) is 4.63. The molecule has 0 amide bonds. The first-order valence-electron chi connectivity index (χ1n) is 41.4. The van der Waals surface area contributed by atoms with Crippen LogP contribution in [0.25, 0.3) is 0 Å². The minimum absolute atomic E-state index is 0.0343. The van der Waals surface area contributed by atoms with Crippen molar-refractivity contribution in [3.05, 3.63) is 134 Å². The minimum Gasteiger partial charge on any atom is -0.462 e. The molecule has 17 nitrogen and oxygen atoms in total. The van der Waals surface area contributed by atoms with Crippen LogP contribution in [0.3, 0.4) is 0 Å². The van der Waals surface area contributed by atoms with Crippen LogP contribution in [0.4, 0.5) is 0 Å². The van der Waals surface area contributed by atoms with Crippen molar-refractivity contribution in [1.29, 1.82) is 0 Å². The predicted octanol–water partition coefficient (Wildman–Crippen LogP) is 24.4. The van der Waals surface area contributed by atoms with Gasteiger partial charge in [-0.3, -0.25) is 37.3 Å². The molecule has 0 aliphatic rings. The Labute approximate surface area is 644 Å². The first-order chi connectivity index (χ1) is 51.7. The molecule has 0 heterocycles. The molecule has 19 heteroatoms. The molecule has 0 fully saturated rings. The summed E-state index contributed by atoms with van der Waals surface area (Å²) in [5, 5.41) is 10.7. The largest absolute Gasteiger partial charge is 0.472 e. The van der Waals surface area contributed by atoms with Crippen molar-refractivity contribution in [3.8, 4) is 0 Å². The lowest BCUT2D eigenvalue weighted by molar-refractivity contribution is -0.161. The highest BCUT2D eigenvalue weighted by Gasteiger charge is 2.30. The van der Waals surface area contributed by atoms with Gasteiger partial charge in [0, 0.05) is 25.7 Å². The van der Waals surface area contributed by atoms with Gasteiger partial charge in [0.25, 0.3) is 0 Å². The van der Waals surface area contributed by atoms with Crippen molar-refractivity contribution < 1.29 is 80.2 Å². The molecule has 0 saturated heterocycles. The predicted molar refractivity (Wildman–Crippen MR) is 436 cm³/mol. The Morgan fingerprint density at radius 2 is 0.509 bits per heavy atom. The van der Waals surface area contributed by atoms with E-state index in [-0.39, 0.29) is 25.7 Å². The van der Waals surface area contributed by atoms with E-state index in [2.05, 4.69) is 149 Å². The molecule has 0 radical (unpaired) electrons. The van der Waals surface area contributed by atoms with Crippen molar-refractivity contribution in [1.82, 2.24) is 0 Å². The van der Waals surface area contributed by atoms with Crippen molar-refractivity contribution >= 4 is 39.5 Å². The van der Waals surface area contributed by atoms with Crippen LogP contribution in [0.15, 0.2) is 134 Å². The molecule has 5 atom stereocenters. The summed E-state index contributed by atoms with van der Waals surface area (Å²) in [7, 11) is -9.99. The zero-order chi connectivity index (χ0) is 77.4. The Balaban J connectivity index is 5.44. The average molecular weight is 1530 g/mol. The van der Waals surface area contributed by atoms with Gasteiger partial charge in [0.2, 0.25) is 0 Å². The highest BCUT2D eigenvalue weighted by molar-refractivity contribution is 7.47. The number of ether oxygens (including phenoxy) is 4. The Morgan fingerprint density at radius 3 is 0.849 bits per heavy atom. The molecule has 0 aromatic rings.